The Morgan fingerprint density at radius 3 is 2.84 bits per heavy atom. The van der Waals surface area contributed by atoms with Gasteiger partial charge in [-0.25, -0.2) is 9.78 Å². The van der Waals surface area contributed by atoms with E-state index in [1.807, 2.05) is 0 Å². The molecule has 102 valence electrons. The zero-order valence-corrected chi connectivity index (χ0v) is 11.3. The SMILES string of the molecule is O=C(O)c1csc(C(=O)NCC2CC3CCC2C3)n1. The second kappa shape index (κ2) is 4.92. The summed E-state index contributed by atoms with van der Waals surface area (Å²) < 4.78 is 0. The van der Waals surface area contributed by atoms with Crippen molar-refractivity contribution in [1.82, 2.24) is 10.3 Å². The molecule has 3 atom stereocenters. The van der Waals surface area contributed by atoms with Gasteiger partial charge in [-0.15, -0.1) is 11.3 Å². The molecule has 1 aromatic heterocycles. The van der Waals surface area contributed by atoms with Crippen molar-refractivity contribution < 1.29 is 14.7 Å². The van der Waals surface area contributed by atoms with Gasteiger partial charge in [-0.2, -0.15) is 0 Å². The first-order valence-electron chi connectivity index (χ1n) is 6.60. The summed E-state index contributed by atoms with van der Waals surface area (Å²) in [5, 5.41) is 13.3. The second-order valence-corrected chi connectivity index (χ2v) is 6.35. The smallest absolute Gasteiger partial charge is 0.355 e. The van der Waals surface area contributed by atoms with Crippen LogP contribution in [0, 0.1) is 17.8 Å². The molecular formula is C13H16N2O3S. The van der Waals surface area contributed by atoms with E-state index in [-0.39, 0.29) is 16.6 Å². The first kappa shape index (κ1) is 12.6. The van der Waals surface area contributed by atoms with Gasteiger partial charge in [-0.3, -0.25) is 4.79 Å². The Balaban J connectivity index is 1.54. The van der Waals surface area contributed by atoms with Gasteiger partial charge in [0.1, 0.15) is 0 Å². The quantitative estimate of drug-likeness (QED) is 0.884. The first-order valence-corrected chi connectivity index (χ1v) is 7.48. The molecule has 5 nitrogen and oxygen atoms in total. The molecule has 0 radical (unpaired) electrons. The molecule has 19 heavy (non-hydrogen) atoms. The van der Waals surface area contributed by atoms with Crippen molar-refractivity contribution in [3.63, 3.8) is 0 Å². The van der Waals surface area contributed by atoms with E-state index in [4.69, 9.17) is 5.11 Å². The van der Waals surface area contributed by atoms with Crippen molar-refractivity contribution in [2.45, 2.75) is 25.7 Å². The fraction of sp³-hybridized carbons (Fsp3) is 0.615. The Bertz CT molecular complexity index is 514. The molecule has 0 saturated heterocycles. The van der Waals surface area contributed by atoms with Crippen LogP contribution < -0.4 is 5.32 Å². The number of rotatable bonds is 4. The number of aromatic carboxylic acids is 1. The van der Waals surface area contributed by atoms with Crippen LogP contribution in [0.15, 0.2) is 5.38 Å². The lowest BCUT2D eigenvalue weighted by Gasteiger charge is -2.21. The molecule has 2 aliphatic carbocycles. The molecule has 2 saturated carbocycles. The summed E-state index contributed by atoms with van der Waals surface area (Å²) in [5.74, 6) is 0.895. The molecular weight excluding hydrogens is 264 g/mol. The summed E-state index contributed by atoms with van der Waals surface area (Å²) in [6, 6.07) is 0. The average molecular weight is 280 g/mol. The predicted octanol–water partition coefficient (Wildman–Crippen LogP) is 2.01. The Labute approximate surface area is 115 Å². The van der Waals surface area contributed by atoms with Gasteiger partial charge in [0.2, 0.25) is 0 Å². The first-order chi connectivity index (χ1) is 9.13. The summed E-state index contributed by atoms with van der Waals surface area (Å²) in [4.78, 5) is 26.4. The van der Waals surface area contributed by atoms with Crippen molar-refractivity contribution in [2.24, 2.45) is 17.8 Å². The van der Waals surface area contributed by atoms with Gasteiger partial charge in [-0.1, -0.05) is 6.42 Å². The standard InChI is InChI=1S/C13H16N2O3S/c16-11(12-15-10(6-19-12)13(17)18)14-5-9-4-7-1-2-8(9)3-7/h6-9H,1-5H2,(H,14,16)(H,17,18). The van der Waals surface area contributed by atoms with Crippen molar-refractivity contribution in [2.75, 3.05) is 6.54 Å². The third-order valence-corrected chi connectivity index (χ3v) is 5.17. The lowest BCUT2D eigenvalue weighted by molar-refractivity contribution is 0.0691. The summed E-state index contributed by atoms with van der Waals surface area (Å²) in [7, 11) is 0. The Morgan fingerprint density at radius 2 is 2.26 bits per heavy atom. The summed E-state index contributed by atoms with van der Waals surface area (Å²) >= 11 is 1.08. The highest BCUT2D eigenvalue weighted by Gasteiger charge is 2.39. The van der Waals surface area contributed by atoms with E-state index in [1.54, 1.807) is 0 Å². The van der Waals surface area contributed by atoms with Gasteiger partial charge in [0.15, 0.2) is 10.7 Å². The largest absolute Gasteiger partial charge is 0.476 e. The van der Waals surface area contributed by atoms with Crippen molar-refractivity contribution in [3.8, 4) is 0 Å². The predicted molar refractivity (Wildman–Crippen MR) is 70.3 cm³/mol. The number of carbonyl (C=O) groups excluding carboxylic acids is 1. The van der Waals surface area contributed by atoms with Gasteiger partial charge < -0.3 is 10.4 Å². The molecule has 2 fully saturated rings. The maximum Gasteiger partial charge on any atom is 0.355 e. The number of nitrogens with zero attached hydrogens (tertiary/aromatic N) is 1. The molecule has 0 aromatic carbocycles. The molecule has 1 aromatic rings. The number of hydrogen-bond acceptors (Lipinski definition) is 4. The Morgan fingerprint density at radius 1 is 1.42 bits per heavy atom. The Hall–Kier alpha value is -1.43. The topological polar surface area (TPSA) is 79.3 Å². The van der Waals surface area contributed by atoms with Crippen LogP contribution in [0.4, 0.5) is 0 Å². The van der Waals surface area contributed by atoms with E-state index >= 15 is 0 Å². The number of thiazole rings is 1. The molecule has 2 N–H and O–H groups in total. The van der Waals surface area contributed by atoms with Crippen molar-refractivity contribution in [1.29, 1.82) is 0 Å². The lowest BCUT2D eigenvalue weighted by atomic mass is 9.89. The van der Waals surface area contributed by atoms with Gasteiger partial charge in [0.25, 0.3) is 5.91 Å². The normalized spacial score (nSPS) is 28.5. The molecule has 3 rings (SSSR count). The van der Waals surface area contributed by atoms with E-state index in [0.717, 1.165) is 23.2 Å². The molecule has 1 heterocycles. The van der Waals surface area contributed by atoms with E-state index in [0.29, 0.717) is 12.5 Å². The zero-order chi connectivity index (χ0) is 13.4. The molecule has 3 unspecified atom stereocenters. The number of aromatic nitrogens is 1. The van der Waals surface area contributed by atoms with Gasteiger partial charge in [0.05, 0.1) is 0 Å². The minimum Gasteiger partial charge on any atom is -0.476 e. The number of nitrogens with one attached hydrogen (secondary N) is 1. The number of carbonyl (C=O) groups is 2. The molecule has 0 aliphatic heterocycles. The third-order valence-electron chi connectivity index (χ3n) is 4.33. The van der Waals surface area contributed by atoms with Gasteiger partial charge >= 0.3 is 5.97 Å². The van der Waals surface area contributed by atoms with Crippen LogP contribution in [0.3, 0.4) is 0 Å². The van der Waals surface area contributed by atoms with E-state index in [1.165, 1.54) is 31.1 Å². The third kappa shape index (κ3) is 2.49. The van der Waals surface area contributed by atoms with Crippen LogP contribution in [0.2, 0.25) is 0 Å². The monoisotopic (exact) mass is 280 g/mol. The maximum atomic E-state index is 11.9. The molecule has 0 spiro atoms. The van der Waals surface area contributed by atoms with Crippen LogP contribution in [0.1, 0.15) is 46.0 Å². The highest BCUT2D eigenvalue weighted by Crippen LogP contribution is 2.47. The van der Waals surface area contributed by atoms with Gasteiger partial charge in [0, 0.05) is 11.9 Å². The highest BCUT2D eigenvalue weighted by atomic mass is 32.1. The molecule has 2 aliphatic rings. The maximum absolute atomic E-state index is 11.9. The number of hydrogen-bond donors (Lipinski definition) is 2. The second-order valence-electron chi connectivity index (χ2n) is 5.49. The summed E-state index contributed by atoms with van der Waals surface area (Å²) in [5.41, 5.74) is -0.0601. The zero-order valence-electron chi connectivity index (χ0n) is 10.5. The molecule has 2 bridgehead atoms. The number of carboxylic acid groups (broad SMARTS) is 1. The van der Waals surface area contributed by atoms with E-state index in [9.17, 15) is 9.59 Å². The average Bonchev–Trinajstić information content (AvgIpc) is 3.10. The van der Waals surface area contributed by atoms with Crippen molar-refractivity contribution in [3.05, 3.63) is 16.1 Å². The number of carboxylic acids is 1. The van der Waals surface area contributed by atoms with Crippen LogP contribution in [0.5, 0.6) is 0 Å². The Kier molecular flexibility index (Phi) is 3.26. The van der Waals surface area contributed by atoms with Crippen LogP contribution in [-0.2, 0) is 0 Å². The summed E-state index contributed by atoms with van der Waals surface area (Å²) in [6.45, 7) is 0.696. The molecule has 6 heteroatoms. The van der Waals surface area contributed by atoms with Crippen LogP contribution in [0.25, 0.3) is 0 Å². The lowest BCUT2D eigenvalue weighted by Crippen LogP contribution is -2.31. The fourth-order valence-corrected chi connectivity index (χ4v) is 4.11. The highest BCUT2D eigenvalue weighted by molar-refractivity contribution is 7.11. The summed E-state index contributed by atoms with van der Waals surface area (Å²) in [6.07, 6.45) is 5.19. The van der Waals surface area contributed by atoms with Crippen molar-refractivity contribution >= 4 is 23.2 Å². The van der Waals surface area contributed by atoms with E-state index < -0.39 is 5.97 Å². The number of amides is 1. The number of fused-ring (bicyclic) bond motifs is 2. The minimum absolute atomic E-state index is 0.0601. The van der Waals surface area contributed by atoms with Gasteiger partial charge in [-0.05, 0) is 37.0 Å². The van der Waals surface area contributed by atoms with Crippen LogP contribution >= 0.6 is 11.3 Å². The minimum atomic E-state index is -1.09. The fourth-order valence-electron chi connectivity index (χ4n) is 3.40. The van der Waals surface area contributed by atoms with Crippen LogP contribution in [-0.4, -0.2) is 28.5 Å². The molecule has 1 amide bonds. The van der Waals surface area contributed by atoms with E-state index in [2.05, 4.69) is 10.3 Å².